The van der Waals surface area contributed by atoms with Gasteiger partial charge >= 0.3 is 0 Å². The molecule has 1 aromatic heterocycles. The van der Waals surface area contributed by atoms with E-state index in [4.69, 9.17) is 9.97 Å². The van der Waals surface area contributed by atoms with Crippen LogP contribution < -0.4 is 5.32 Å². The molecule has 3 nitrogen and oxygen atoms in total. The zero-order valence-corrected chi connectivity index (χ0v) is 12.5. The Morgan fingerprint density at radius 1 is 1.19 bits per heavy atom. The third-order valence-electron chi connectivity index (χ3n) is 5.03. The first kappa shape index (κ1) is 13.0. The lowest BCUT2D eigenvalue weighted by atomic mass is 9.91. The van der Waals surface area contributed by atoms with Gasteiger partial charge in [0.25, 0.3) is 0 Å². The van der Waals surface area contributed by atoms with Gasteiger partial charge in [-0.15, -0.1) is 0 Å². The van der Waals surface area contributed by atoms with Crippen LogP contribution in [0.1, 0.15) is 54.4 Å². The van der Waals surface area contributed by atoms with E-state index in [9.17, 15) is 0 Å². The Morgan fingerprint density at radius 3 is 2.71 bits per heavy atom. The van der Waals surface area contributed by atoms with Crippen molar-refractivity contribution in [3.8, 4) is 0 Å². The van der Waals surface area contributed by atoms with Crippen LogP contribution in [-0.4, -0.2) is 17.0 Å². The topological polar surface area (TPSA) is 37.8 Å². The largest absolute Gasteiger partial charge is 0.313 e. The van der Waals surface area contributed by atoms with Crippen molar-refractivity contribution in [1.29, 1.82) is 0 Å². The lowest BCUT2D eigenvalue weighted by molar-refractivity contribution is 0.483. The SMILES string of the molecule is CNC1CCCc2nc(C3(c4ccccc4)CC3)ncc21. The monoisotopic (exact) mass is 279 g/mol. The molecule has 1 fully saturated rings. The summed E-state index contributed by atoms with van der Waals surface area (Å²) in [5, 5.41) is 3.39. The lowest BCUT2D eigenvalue weighted by Crippen LogP contribution is -2.24. The minimum Gasteiger partial charge on any atom is -0.313 e. The van der Waals surface area contributed by atoms with Crippen molar-refractivity contribution in [2.75, 3.05) is 7.05 Å². The standard InChI is InChI=1S/C18H21N3/c1-19-15-8-5-9-16-14(15)12-20-17(21-16)18(10-11-18)13-6-3-2-4-7-13/h2-4,6-7,12,15,19H,5,8-11H2,1H3. The van der Waals surface area contributed by atoms with E-state index in [-0.39, 0.29) is 5.41 Å². The average Bonchev–Trinajstić information content (AvgIpc) is 3.36. The number of fused-ring (bicyclic) bond motifs is 1. The summed E-state index contributed by atoms with van der Waals surface area (Å²) < 4.78 is 0. The summed E-state index contributed by atoms with van der Waals surface area (Å²) >= 11 is 0. The quantitative estimate of drug-likeness (QED) is 0.938. The van der Waals surface area contributed by atoms with Gasteiger partial charge in [-0.05, 0) is 44.7 Å². The van der Waals surface area contributed by atoms with Crippen molar-refractivity contribution < 1.29 is 0 Å². The van der Waals surface area contributed by atoms with Crippen molar-refractivity contribution in [2.24, 2.45) is 0 Å². The number of hydrogen-bond acceptors (Lipinski definition) is 3. The summed E-state index contributed by atoms with van der Waals surface area (Å²) in [4.78, 5) is 9.72. The second-order valence-electron chi connectivity index (χ2n) is 6.28. The Morgan fingerprint density at radius 2 is 2.00 bits per heavy atom. The van der Waals surface area contributed by atoms with E-state index in [0.717, 1.165) is 12.2 Å². The molecule has 21 heavy (non-hydrogen) atoms. The van der Waals surface area contributed by atoms with Gasteiger partial charge in [0, 0.05) is 23.5 Å². The minimum atomic E-state index is 0.0862. The molecular formula is C18H21N3. The van der Waals surface area contributed by atoms with E-state index in [0.29, 0.717) is 6.04 Å². The summed E-state index contributed by atoms with van der Waals surface area (Å²) in [6.45, 7) is 0. The number of hydrogen-bond donors (Lipinski definition) is 1. The molecule has 0 aliphatic heterocycles. The van der Waals surface area contributed by atoms with Crippen LogP contribution in [0, 0.1) is 0 Å². The van der Waals surface area contributed by atoms with Crippen LogP contribution >= 0.6 is 0 Å². The molecule has 1 saturated carbocycles. The lowest BCUT2D eigenvalue weighted by Gasteiger charge is -2.25. The molecule has 3 heteroatoms. The fourth-order valence-corrected chi connectivity index (χ4v) is 3.60. The van der Waals surface area contributed by atoms with Crippen molar-refractivity contribution in [1.82, 2.24) is 15.3 Å². The van der Waals surface area contributed by atoms with Gasteiger partial charge in [0.15, 0.2) is 0 Å². The smallest absolute Gasteiger partial charge is 0.139 e. The van der Waals surface area contributed by atoms with Gasteiger partial charge in [-0.1, -0.05) is 30.3 Å². The molecule has 4 rings (SSSR count). The van der Waals surface area contributed by atoms with E-state index < -0.39 is 0 Å². The zero-order valence-electron chi connectivity index (χ0n) is 12.5. The molecule has 0 amide bonds. The number of benzene rings is 1. The molecule has 108 valence electrons. The summed E-state index contributed by atoms with van der Waals surface area (Å²) in [7, 11) is 2.03. The van der Waals surface area contributed by atoms with E-state index in [1.54, 1.807) is 0 Å². The molecule has 0 radical (unpaired) electrons. The Bertz CT molecular complexity index is 647. The van der Waals surface area contributed by atoms with Crippen LogP contribution in [-0.2, 0) is 11.8 Å². The highest BCUT2D eigenvalue weighted by Gasteiger charge is 2.48. The maximum absolute atomic E-state index is 4.97. The minimum absolute atomic E-state index is 0.0862. The Labute approximate surface area is 125 Å². The van der Waals surface area contributed by atoms with Gasteiger partial charge in [0.2, 0.25) is 0 Å². The molecule has 1 atom stereocenters. The van der Waals surface area contributed by atoms with Gasteiger partial charge in [-0.3, -0.25) is 0 Å². The maximum atomic E-state index is 4.97. The van der Waals surface area contributed by atoms with Gasteiger partial charge in [0.1, 0.15) is 5.82 Å². The van der Waals surface area contributed by atoms with Crippen LogP contribution in [0.4, 0.5) is 0 Å². The molecule has 1 unspecified atom stereocenters. The van der Waals surface area contributed by atoms with Crippen LogP contribution in [0.3, 0.4) is 0 Å². The van der Waals surface area contributed by atoms with Crippen molar-refractivity contribution >= 4 is 0 Å². The molecule has 0 saturated heterocycles. The molecule has 2 aliphatic rings. The van der Waals surface area contributed by atoms with Crippen LogP contribution in [0.15, 0.2) is 36.5 Å². The van der Waals surface area contributed by atoms with E-state index in [2.05, 4.69) is 41.8 Å². The van der Waals surface area contributed by atoms with Crippen molar-refractivity contribution in [3.05, 3.63) is 59.2 Å². The highest BCUT2D eigenvalue weighted by Crippen LogP contribution is 2.52. The average molecular weight is 279 g/mol. The van der Waals surface area contributed by atoms with Crippen LogP contribution in [0.2, 0.25) is 0 Å². The Kier molecular flexibility index (Phi) is 3.03. The first-order valence-corrected chi connectivity index (χ1v) is 7.92. The molecule has 1 N–H and O–H groups in total. The molecular weight excluding hydrogens is 258 g/mol. The van der Waals surface area contributed by atoms with Crippen LogP contribution in [0.5, 0.6) is 0 Å². The highest BCUT2D eigenvalue weighted by molar-refractivity contribution is 5.40. The third-order valence-corrected chi connectivity index (χ3v) is 5.03. The molecule has 1 heterocycles. The number of nitrogens with one attached hydrogen (secondary N) is 1. The van der Waals surface area contributed by atoms with Gasteiger partial charge in [-0.25, -0.2) is 9.97 Å². The predicted octanol–water partition coefficient (Wildman–Crippen LogP) is 3.15. The molecule has 2 aliphatic carbocycles. The fourth-order valence-electron chi connectivity index (χ4n) is 3.60. The summed E-state index contributed by atoms with van der Waals surface area (Å²) in [5.41, 5.74) is 4.01. The van der Waals surface area contributed by atoms with E-state index in [1.165, 1.54) is 42.5 Å². The normalized spacial score (nSPS) is 22.6. The number of aromatic nitrogens is 2. The number of aryl methyl sites for hydroxylation is 1. The highest BCUT2D eigenvalue weighted by atomic mass is 15.0. The number of nitrogens with zero attached hydrogens (tertiary/aromatic N) is 2. The molecule has 1 aromatic carbocycles. The first-order valence-electron chi connectivity index (χ1n) is 7.92. The third kappa shape index (κ3) is 2.07. The maximum Gasteiger partial charge on any atom is 0.139 e. The number of rotatable bonds is 3. The van der Waals surface area contributed by atoms with Gasteiger partial charge in [0.05, 0.1) is 5.41 Å². The first-order chi connectivity index (χ1) is 10.3. The molecule has 0 bridgehead atoms. The van der Waals surface area contributed by atoms with Crippen molar-refractivity contribution in [2.45, 2.75) is 43.6 Å². The van der Waals surface area contributed by atoms with E-state index in [1.807, 2.05) is 7.05 Å². The Hall–Kier alpha value is -1.74. The fraction of sp³-hybridized carbons (Fsp3) is 0.444. The van der Waals surface area contributed by atoms with E-state index >= 15 is 0 Å². The second-order valence-corrected chi connectivity index (χ2v) is 6.28. The summed E-state index contributed by atoms with van der Waals surface area (Å²) in [6.07, 6.45) is 7.91. The second kappa shape index (κ2) is 4.92. The summed E-state index contributed by atoms with van der Waals surface area (Å²) in [6, 6.07) is 11.2. The van der Waals surface area contributed by atoms with Gasteiger partial charge in [-0.2, -0.15) is 0 Å². The molecule has 2 aromatic rings. The zero-order chi connectivity index (χ0) is 14.3. The summed E-state index contributed by atoms with van der Waals surface area (Å²) in [5.74, 6) is 1.03. The van der Waals surface area contributed by atoms with Gasteiger partial charge < -0.3 is 5.32 Å². The Balaban J connectivity index is 1.74. The van der Waals surface area contributed by atoms with Crippen LogP contribution in [0.25, 0.3) is 0 Å². The van der Waals surface area contributed by atoms with Crippen molar-refractivity contribution in [3.63, 3.8) is 0 Å². The molecule has 0 spiro atoms. The predicted molar refractivity (Wildman–Crippen MR) is 83.2 cm³/mol.